The fourth-order valence-electron chi connectivity index (χ4n) is 3.30. The van der Waals surface area contributed by atoms with Crippen LogP contribution in [-0.4, -0.2) is 30.9 Å². The molecule has 1 fully saturated rings. The van der Waals surface area contributed by atoms with E-state index >= 15 is 0 Å². The highest BCUT2D eigenvalue weighted by Gasteiger charge is 2.41. The largest absolute Gasteiger partial charge is 0.507 e. The van der Waals surface area contributed by atoms with Crippen LogP contribution in [0.3, 0.4) is 0 Å². The Morgan fingerprint density at radius 2 is 1.56 bits per heavy atom. The third-order valence-corrected chi connectivity index (χ3v) is 16.0. The molecule has 1 rings (SSSR count). The molecule has 0 N–H and O–H groups in total. The van der Waals surface area contributed by atoms with Crippen molar-refractivity contribution >= 4 is 24.8 Å². The van der Waals surface area contributed by atoms with Crippen LogP contribution in [0, 0.1) is 17.8 Å². The third-order valence-electron chi connectivity index (χ3n) is 3.96. The smallest absolute Gasteiger partial charge is 0.377 e. The fourth-order valence-corrected chi connectivity index (χ4v) is 17.0. The Kier molecular flexibility index (Phi) is 7.91. The molecule has 0 bridgehead atoms. The molecule has 1 saturated heterocycles. The maximum atomic E-state index is 6.62. The summed E-state index contributed by atoms with van der Waals surface area (Å²) in [6.45, 7) is 14.2. The molecule has 1 unspecified atom stereocenters. The Labute approximate surface area is 122 Å². The van der Waals surface area contributed by atoms with Gasteiger partial charge in [-0.1, -0.05) is 69.2 Å². The van der Waals surface area contributed by atoms with Gasteiger partial charge >= 0.3 is 12.6 Å². The first-order valence-corrected chi connectivity index (χ1v) is 13.6. The Hall–Kier alpha value is 1.02. The third kappa shape index (κ3) is 6.46. The zero-order valence-corrected chi connectivity index (χ0v) is 15.7. The van der Waals surface area contributed by atoms with Crippen LogP contribution in [0.25, 0.3) is 0 Å². The van der Waals surface area contributed by atoms with Crippen LogP contribution in [0.15, 0.2) is 0 Å². The molecule has 3 heteroatoms. The zero-order valence-electron chi connectivity index (χ0n) is 13.4. The summed E-state index contributed by atoms with van der Waals surface area (Å²) in [5.74, 6) is 2.54. The van der Waals surface area contributed by atoms with Gasteiger partial charge in [0.25, 0.3) is 0 Å². The van der Waals surface area contributed by atoms with E-state index in [1.54, 1.807) is 5.28 Å². The molecular formula is C15H32Al2O. The molecule has 1 aliphatic rings. The molecule has 18 heavy (non-hydrogen) atoms. The fraction of sp³-hybridized carbons (Fsp3) is 1.00. The highest BCUT2D eigenvalue weighted by atomic mass is 28.1. The molecule has 1 heterocycles. The van der Waals surface area contributed by atoms with E-state index in [-0.39, 0.29) is 0 Å². The van der Waals surface area contributed by atoms with Gasteiger partial charge in [-0.05, 0) is 18.8 Å². The summed E-state index contributed by atoms with van der Waals surface area (Å²) in [5.41, 5.74) is 0. The quantitative estimate of drug-likeness (QED) is 0.642. The van der Waals surface area contributed by atoms with E-state index in [2.05, 4.69) is 41.5 Å². The maximum Gasteiger partial charge on any atom is 0.377 e. The molecule has 1 aliphatic heterocycles. The zero-order chi connectivity index (χ0) is 13.7. The molecule has 0 spiro atoms. The van der Waals surface area contributed by atoms with E-state index in [1.807, 2.05) is 0 Å². The molecule has 1 atom stereocenters. The minimum Gasteiger partial charge on any atom is -0.507 e. The predicted octanol–water partition coefficient (Wildman–Crippen LogP) is 4.70. The van der Waals surface area contributed by atoms with Crippen LogP contribution in [-0.2, 0) is 3.79 Å². The lowest BCUT2D eigenvalue weighted by Crippen LogP contribution is -2.47. The van der Waals surface area contributed by atoms with Gasteiger partial charge < -0.3 is 3.79 Å². The van der Waals surface area contributed by atoms with E-state index in [0.717, 1.165) is 17.8 Å². The average Bonchev–Trinajstić information content (AvgIpc) is 2.19. The Morgan fingerprint density at radius 1 is 0.944 bits per heavy atom. The molecule has 0 aromatic heterocycles. The predicted molar refractivity (Wildman–Crippen MR) is 84.6 cm³/mol. The minimum absolute atomic E-state index is 0.522. The van der Waals surface area contributed by atoms with Gasteiger partial charge in [-0.15, -0.1) is 0 Å². The first-order valence-electron chi connectivity index (χ1n) is 8.03. The van der Waals surface area contributed by atoms with E-state index in [0.29, 0.717) is 6.10 Å². The summed E-state index contributed by atoms with van der Waals surface area (Å²) in [6.07, 6.45) is 3.30. The summed E-state index contributed by atoms with van der Waals surface area (Å²) in [7, 11) is 0. The summed E-state index contributed by atoms with van der Waals surface area (Å²) >= 11 is -1.36. The van der Waals surface area contributed by atoms with Crippen molar-refractivity contribution in [1.82, 2.24) is 0 Å². The number of hydrogen-bond acceptors (Lipinski definition) is 1. The topological polar surface area (TPSA) is 9.23 Å². The van der Waals surface area contributed by atoms with Gasteiger partial charge in [0.2, 0.25) is 12.2 Å². The molecule has 0 aromatic carbocycles. The summed E-state index contributed by atoms with van der Waals surface area (Å²) < 4.78 is 6.62. The lowest BCUT2D eigenvalue weighted by molar-refractivity contribution is 0.166. The second-order valence-electron chi connectivity index (χ2n) is 7.52. The van der Waals surface area contributed by atoms with Crippen molar-refractivity contribution in [3.05, 3.63) is 0 Å². The first-order chi connectivity index (χ1) is 8.38. The molecule has 1 nitrogen and oxygen atoms in total. The van der Waals surface area contributed by atoms with Gasteiger partial charge in [0.05, 0.1) is 0 Å². The van der Waals surface area contributed by atoms with Crippen LogP contribution in [0.5, 0.6) is 0 Å². The van der Waals surface area contributed by atoms with Crippen molar-refractivity contribution < 1.29 is 3.79 Å². The Bertz CT molecular complexity index is 229. The normalized spacial score (nSPS) is 21.5. The molecule has 0 radical (unpaired) electrons. The van der Waals surface area contributed by atoms with Crippen LogP contribution in [0.2, 0.25) is 15.8 Å². The molecule has 104 valence electrons. The van der Waals surface area contributed by atoms with E-state index in [1.165, 1.54) is 23.4 Å². The SMILES string of the molecule is CC(C)CC1C[CH2][Al]([CH2]C(C)C)[Al]([CH2]C(C)C)[O]1. The van der Waals surface area contributed by atoms with Crippen molar-refractivity contribution in [2.24, 2.45) is 17.8 Å². The molecule has 0 aromatic rings. The second-order valence-corrected chi connectivity index (χ2v) is 17.0. The van der Waals surface area contributed by atoms with Gasteiger partial charge in [0.15, 0.2) is 0 Å². The highest BCUT2D eigenvalue weighted by Crippen LogP contribution is 2.29. The van der Waals surface area contributed by atoms with E-state index < -0.39 is 24.8 Å². The summed E-state index contributed by atoms with van der Waals surface area (Å²) in [4.78, 5) is 0. The van der Waals surface area contributed by atoms with Crippen LogP contribution < -0.4 is 0 Å². The second kappa shape index (κ2) is 8.34. The van der Waals surface area contributed by atoms with E-state index in [9.17, 15) is 0 Å². The monoisotopic (exact) mass is 282 g/mol. The number of rotatable bonds is 6. The average molecular weight is 282 g/mol. The van der Waals surface area contributed by atoms with Crippen molar-refractivity contribution in [3.8, 4) is 0 Å². The van der Waals surface area contributed by atoms with Crippen molar-refractivity contribution in [2.75, 3.05) is 0 Å². The van der Waals surface area contributed by atoms with Gasteiger partial charge in [-0.25, -0.2) is 0 Å². The van der Waals surface area contributed by atoms with Crippen molar-refractivity contribution in [3.63, 3.8) is 0 Å². The van der Waals surface area contributed by atoms with Gasteiger partial charge in [0.1, 0.15) is 0 Å². The minimum atomic E-state index is -0.833. The maximum absolute atomic E-state index is 6.62. The van der Waals surface area contributed by atoms with Crippen LogP contribution >= 0.6 is 0 Å². The number of hydrogen-bond donors (Lipinski definition) is 0. The van der Waals surface area contributed by atoms with Gasteiger partial charge in [0, 0.05) is 6.10 Å². The van der Waals surface area contributed by atoms with Crippen molar-refractivity contribution in [2.45, 2.75) is 76.3 Å². The van der Waals surface area contributed by atoms with Gasteiger partial charge in [-0.2, -0.15) is 0 Å². The molecule has 0 amide bonds. The molecular weight excluding hydrogens is 250 g/mol. The molecule has 0 aliphatic carbocycles. The lowest BCUT2D eigenvalue weighted by atomic mass is 10.0. The Balaban J connectivity index is 2.54. The molecule has 0 saturated carbocycles. The summed E-state index contributed by atoms with van der Waals surface area (Å²) in [6, 6.07) is 0. The summed E-state index contributed by atoms with van der Waals surface area (Å²) in [5, 5.41) is 4.56. The lowest BCUT2D eigenvalue weighted by Gasteiger charge is -2.34. The van der Waals surface area contributed by atoms with Crippen LogP contribution in [0.4, 0.5) is 0 Å². The standard InChI is InChI=1S/C7H14O.2C4H9.2Al/c1-4-7(8)5-6(2)3;2*1-4(2)3;;/h6-7H,1,4-5H2,2-3H3;2*4H,1H2,2-3H3;;/q-1;;;;+1. The van der Waals surface area contributed by atoms with Gasteiger partial charge in [-0.3, -0.25) is 0 Å². The first kappa shape index (κ1) is 17.1. The highest BCUT2D eigenvalue weighted by molar-refractivity contribution is 7.19. The Morgan fingerprint density at radius 3 is 2.06 bits per heavy atom. The van der Waals surface area contributed by atoms with Crippen molar-refractivity contribution in [1.29, 1.82) is 0 Å². The van der Waals surface area contributed by atoms with E-state index in [4.69, 9.17) is 3.79 Å². The van der Waals surface area contributed by atoms with Crippen LogP contribution in [0.1, 0.15) is 54.4 Å².